The van der Waals surface area contributed by atoms with Gasteiger partial charge in [0.25, 0.3) is 0 Å². The van der Waals surface area contributed by atoms with Crippen molar-refractivity contribution < 1.29 is 9.53 Å². The van der Waals surface area contributed by atoms with Gasteiger partial charge in [-0.1, -0.05) is 11.6 Å². The number of rotatable bonds is 4. The van der Waals surface area contributed by atoms with E-state index in [1.54, 1.807) is 0 Å². The van der Waals surface area contributed by atoms with Gasteiger partial charge in [-0.25, -0.2) is 0 Å². The molecule has 2 nitrogen and oxygen atoms in total. The molecule has 0 spiro atoms. The summed E-state index contributed by atoms with van der Waals surface area (Å²) in [6, 6.07) is 0. The number of halogens is 1. The first kappa shape index (κ1) is 12.1. The van der Waals surface area contributed by atoms with Gasteiger partial charge in [0.2, 0.25) is 0 Å². The number of hydrogen-bond donors (Lipinski definition) is 0. The molecular weight excluding hydrogens is 244 g/mol. The van der Waals surface area contributed by atoms with Gasteiger partial charge < -0.3 is 4.74 Å². The zero-order valence-electron chi connectivity index (χ0n) is 9.29. The maximum absolute atomic E-state index is 11.9. The van der Waals surface area contributed by atoms with Crippen LogP contribution in [-0.2, 0) is 4.74 Å². The lowest BCUT2D eigenvalue weighted by Crippen LogP contribution is -2.08. The van der Waals surface area contributed by atoms with E-state index >= 15 is 0 Å². The molecule has 0 aliphatic carbocycles. The predicted molar refractivity (Wildman–Crippen MR) is 66.6 cm³/mol. The Morgan fingerprint density at radius 2 is 2.50 bits per heavy atom. The normalized spacial score (nSPS) is 20.2. The third kappa shape index (κ3) is 2.65. The first-order valence-corrected chi connectivity index (χ1v) is 6.82. The molecule has 0 bridgehead atoms. The smallest absolute Gasteiger partial charge is 0.174 e. The molecule has 2 heterocycles. The van der Waals surface area contributed by atoms with Crippen molar-refractivity contribution in [3.05, 3.63) is 20.8 Å². The van der Waals surface area contributed by atoms with Gasteiger partial charge in [-0.05, 0) is 37.1 Å². The molecule has 1 fully saturated rings. The van der Waals surface area contributed by atoms with Gasteiger partial charge >= 0.3 is 0 Å². The van der Waals surface area contributed by atoms with Crippen molar-refractivity contribution in [2.75, 3.05) is 6.61 Å². The van der Waals surface area contributed by atoms with Crippen LogP contribution in [0.15, 0.2) is 5.38 Å². The fourth-order valence-electron chi connectivity index (χ4n) is 1.90. The Morgan fingerprint density at radius 1 is 1.69 bits per heavy atom. The summed E-state index contributed by atoms with van der Waals surface area (Å²) in [4.78, 5) is 12.6. The lowest BCUT2D eigenvalue weighted by atomic mass is 10.1. The molecule has 1 aliphatic heterocycles. The van der Waals surface area contributed by atoms with Crippen LogP contribution in [0.5, 0.6) is 0 Å². The largest absolute Gasteiger partial charge is 0.378 e. The summed E-state index contributed by atoms with van der Waals surface area (Å²) in [5, 5.41) is 2.56. The van der Waals surface area contributed by atoms with Gasteiger partial charge in [0.05, 0.1) is 16.0 Å². The third-order valence-electron chi connectivity index (χ3n) is 2.87. The average molecular weight is 259 g/mol. The Labute approximate surface area is 105 Å². The summed E-state index contributed by atoms with van der Waals surface area (Å²) in [7, 11) is 0. The average Bonchev–Trinajstić information content (AvgIpc) is 2.88. The molecule has 1 saturated heterocycles. The Balaban J connectivity index is 1.90. The SMILES string of the molecule is Cc1csc(C(=O)CCC2CCCO2)c1Cl. The zero-order valence-corrected chi connectivity index (χ0v) is 10.9. The highest BCUT2D eigenvalue weighted by Crippen LogP contribution is 2.29. The number of carbonyl (C=O) groups is 1. The van der Waals surface area contributed by atoms with Crippen LogP contribution in [0.4, 0.5) is 0 Å². The minimum atomic E-state index is 0.151. The number of Topliss-reactive ketones (excluding diaryl/α,β-unsaturated/α-hetero) is 1. The van der Waals surface area contributed by atoms with E-state index in [4.69, 9.17) is 16.3 Å². The highest BCUT2D eigenvalue weighted by Gasteiger charge is 2.19. The molecule has 1 unspecified atom stereocenters. The summed E-state index contributed by atoms with van der Waals surface area (Å²) in [5.74, 6) is 0.151. The minimum Gasteiger partial charge on any atom is -0.378 e. The number of ether oxygens (including phenoxy) is 1. The maximum Gasteiger partial charge on any atom is 0.174 e. The predicted octanol–water partition coefficient (Wildman–Crippen LogP) is 3.85. The van der Waals surface area contributed by atoms with Gasteiger partial charge in [-0.3, -0.25) is 4.79 Å². The third-order valence-corrected chi connectivity index (χ3v) is 4.61. The topological polar surface area (TPSA) is 26.3 Å². The summed E-state index contributed by atoms with van der Waals surface area (Å²) < 4.78 is 5.49. The number of hydrogen-bond acceptors (Lipinski definition) is 3. The quantitative estimate of drug-likeness (QED) is 0.767. The molecular formula is C12H15ClO2S. The van der Waals surface area contributed by atoms with Crippen molar-refractivity contribution in [2.24, 2.45) is 0 Å². The van der Waals surface area contributed by atoms with E-state index in [-0.39, 0.29) is 11.9 Å². The maximum atomic E-state index is 11.9. The summed E-state index contributed by atoms with van der Waals surface area (Å²) in [6.45, 7) is 2.77. The highest BCUT2D eigenvalue weighted by atomic mass is 35.5. The van der Waals surface area contributed by atoms with Crippen LogP contribution in [-0.4, -0.2) is 18.5 Å². The molecule has 2 rings (SSSR count). The molecule has 1 aromatic rings. The summed E-state index contributed by atoms with van der Waals surface area (Å²) >= 11 is 7.50. The standard InChI is InChI=1S/C12H15ClO2S/c1-8-7-16-12(11(8)13)10(14)5-4-9-3-2-6-15-9/h7,9H,2-6H2,1H3. The van der Waals surface area contributed by atoms with Crippen LogP contribution in [0, 0.1) is 6.92 Å². The van der Waals surface area contributed by atoms with Gasteiger partial charge in [0, 0.05) is 13.0 Å². The van der Waals surface area contributed by atoms with Crippen molar-refractivity contribution in [3.63, 3.8) is 0 Å². The van der Waals surface area contributed by atoms with Crippen molar-refractivity contribution in [1.29, 1.82) is 0 Å². The van der Waals surface area contributed by atoms with Crippen LogP contribution < -0.4 is 0 Å². The Hall–Kier alpha value is -0.380. The second-order valence-electron chi connectivity index (χ2n) is 4.16. The fraction of sp³-hybridized carbons (Fsp3) is 0.583. The van der Waals surface area contributed by atoms with E-state index in [2.05, 4.69) is 0 Å². The number of aryl methyl sites for hydroxylation is 1. The molecule has 4 heteroatoms. The van der Waals surface area contributed by atoms with Gasteiger partial charge in [-0.15, -0.1) is 11.3 Å². The number of thiophene rings is 1. The van der Waals surface area contributed by atoms with Gasteiger partial charge in [-0.2, -0.15) is 0 Å². The lowest BCUT2D eigenvalue weighted by Gasteiger charge is -2.07. The highest BCUT2D eigenvalue weighted by molar-refractivity contribution is 7.13. The molecule has 0 amide bonds. The molecule has 16 heavy (non-hydrogen) atoms. The second kappa shape index (κ2) is 5.30. The number of ketones is 1. The van der Waals surface area contributed by atoms with E-state index in [1.165, 1.54) is 11.3 Å². The Morgan fingerprint density at radius 3 is 3.06 bits per heavy atom. The van der Waals surface area contributed by atoms with E-state index in [0.29, 0.717) is 16.3 Å². The fourth-order valence-corrected chi connectivity index (χ4v) is 3.16. The first-order valence-electron chi connectivity index (χ1n) is 5.57. The molecule has 1 aliphatic rings. The molecule has 0 N–H and O–H groups in total. The number of carbonyl (C=O) groups excluding carboxylic acids is 1. The van der Waals surface area contributed by atoms with Crippen LogP contribution in [0.25, 0.3) is 0 Å². The van der Waals surface area contributed by atoms with E-state index < -0.39 is 0 Å². The molecule has 88 valence electrons. The second-order valence-corrected chi connectivity index (χ2v) is 5.42. The van der Waals surface area contributed by atoms with Crippen LogP contribution >= 0.6 is 22.9 Å². The van der Waals surface area contributed by atoms with E-state index in [0.717, 1.165) is 31.4 Å². The molecule has 1 aromatic heterocycles. The Kier molecular flexibility index (Phi) is 4.00. The molecule has 0 aromatic carbocycles. The van der Waals surface area contributed by atoms with Crippen LogP contribution in [0.1, 0.15) is 40.9 Å². The van der Waals surface area contributed by atoms with Crippen molar-refractivity contribution in [1.82, 2.24) is 0 Å². The lowest BCUT2D eigenvalue weighted by molar-refractivity contribution is 0.0862. The van der Waals surface area contributed by atoms with Crippen molar-refractivity contribution >= 4 is 28.7 Å². The van der Waals surface area contributed by atoms with Crippen molar-refractivity contribution in [2.45, 2.75) is 38.7 Å². The van der Waals surface area contributed by atoms with Crippen LogP contribution in [0.3, 0.4) is 0 Å². The summed E-state index contributed by atoms with van der Waals surface area (Å²) in [5.41, 5.74) is 0.993. The zero-order chi connectivity index (χ0) is 11.5. The van der Waals surface area contributed by atoms with E-state index in [1.807, 2.05) is 12.3 Å². The van der Waals surface area contributed by atoms with E-state index in [9.17, 15) is 4.79 Å². The Bertz CT molecular complexity index is 380. The summed E-state index contributed by atoms with van der Waals surface area (Å²) in [6.07, 6.45) is 3.86. The minimum absolute atomic E-state index is 0.151. The monoisotopic (exact) mass is 258 g/mol. The first-order chi connectivity index (χ1) is 7.68. The molecule has 0 radical (unpaired) electrons. The molecule has 0 saturated carbocycles. The van der Waals surface area contributed by atoms with Crippen LogP contribution in [0.2, 0.25) is 5.02 Å². The van der Waals surface area contributed by atoms with Gasteiger partial charge in [0.1, 0.15) is 0 Å². The van der Waals surface area contributed by atoms with Crippen molar-refractivity contribution in [3.8, 4) is 0 Å². The molecule has 1 atom stereocenters. The van der Waals surface area contributed by atoms with Gasteiger partial charge in [0.15, 0.2) is 5.78 Å².